The fraction of sp³-hybridized carbons (Fsp3) is 0.545. The van der Waals surface area contributed by atoms with Crippen LogP contribution in [0.25, 0.3) is 0 Å². The Hall–Kier alpha value is -1.56. The number of carbonyl (C=O) groups is 2. The van der Waals surface area contributed by atoms with Gasteiger partial charge in [-0.25, -0.2) is 0 Å². The average Bonchev–Trinajstić information content (AvgIpc) is 2.61. The van der Waals surface area contributed by atoms with E-state index >= 15 is 0 Å². The molecular weight excluding hydrogens is 256 g/mol. The molecule has 2 amide bonds. The van der Waals surface area contributed by atoms with Crippen LogP contribution in [0.3, 0.4) is 0 Å². The van der Waals surface area contributed by atoms with Crippen LogP contribution in [-0.2, 0) is 11.8 Å². The molecule has 0 fully saturated rings. The number of carbonyl (C=O) groups excluding carboxylic acids is 2. The zero-order valence-electron chi connectivity index (χ0n) is 10.7. The van der Waals surface area contributed by atoms with Gasteiger partial charge in [0.2, 0.25) is 5.91 Å². The Labute approximate surface area is 111 Å². The molecule has 0 aliphatic heterocycles. The number of hydrogen-bond acceptors (Lipinski definition) is 3. The fourth-order valence-electron chi connectivity index (χ4n) is 1.31. The van der Waals surface area contributed by atoms with E-state index in [1.165, 1.54) is 0 Å². The Morgan fingerprint density at radius 3 is 2.44 bits per heavy atom. The first-order chi connectivity index (χ1) is 8.47. The Balaban J connectivity index is 2.46. The zero-order chi connectivity index (χ0) is 13.7. The molecule has 0 saturated heterocycles. The van der Waals surface area contributed by atoms with Crippen molar-refractivity contribution in [3.63, 3.8) is 0 Å². The van der Waals surface area contributed by atoms with Crippen molar-refractivity contribution in [2.75, 3.05) is 13.1 Å². The Bertz CT molecular complexity index is 456. The van der Waals surface area contributed by atoms with Crippen LogP contribution in [0.2, 0.25) is 5.02 Å². The van der Waals surface area contributed by atoms with Gasteiger partial charge < -0.3 is 10.6 Å². The minimum absolute atomic E-state index is 0.0454. The molecule has 6 nitrogen and oxygen atoms in total. The molecule has 7 heteroatoms. The maximum atomic E-state index is 11.8. The van der Waals surface area contributed by atoms with E-state index < -0.39 is 0 Å². The van der Waals surface area contributed by atoms with Crippen LogP contribution in [0.15, 0.2) is 0 Å². The molecule has 0 radical (unpaired) electrons. The molecular formula is C11H17ClN4O2. The highest BCUT2D eigenvalue weighted by atomic mass is 35.5. The molecule has 0 bridgehead atoms. The molecule has 0 saturated carbocycles. The van der Waals surface area contributed by atoms with E-state index in [1.54, 1.807) is 25.6 Å². The third-order valence-corrected chi connectivity index (χ3v) is 2.98. The molecule has 0 aliphatic carbocycles. The van der Waals surface area contributed by atoms with Crippen LogP contribution in [-0.4, -0.2) is 34.7 Å². The van der Waals surface area contributed by atoms with Crippen molar-refractivity contribution >= 4 is 23.4 Å². The zero-order valence-corrected chi connectivity index (χ0v) is 11.5. The molecule has 0 aliphatic rings. The van der Waals surface area contributed by atoms with Crippen LogP contribution in [0.5, 0.6) is 0 Å². The molecule has 0 atom stereocenters. The van der Waals surface area contributed by atoms with Gasteiger partial charge in [-0.15, -0.1) is 0 Å². The van der Waals surface area contributed by atoms with Gasteiger partial charge in [0.1, 0.15) is 0 Å². The van der Waals surface area contributed by atoms with Crippen LogP contribution >= 0.6 is 11.6 Å². The number of aryl methyl sites for hydroxylation is 1. The molecule has 18 heavy (non-hydrogen) atoms. The van der Waals surface area contributed by atoms with Crippen molar-refractivity contribution in [1.29, 1.82) is 0 Å². The summed E-state index contributed by atoms with van der Waals surface area (Å²) >= 11 is 5.98. The maximum absolute atomic E-state index is 11.8. The maximum Gasteiger partial charge on any atom is 0.273 e. The van der Waals surface area contributed by atoms with E-state index in [-0.39, 0.29) is 17.5 Å². The number of nitrogens with one attached hydrogen (secondary N) is 2. The van der Waals surface area contributed by atoms with E-state index in [2.05, 4.69) is 15.7 Å². The second kappa shape index (κ2) is 6.39. The first-order valence-corrected chi connectivity index (χ1v) is 6.09. The highest BCUT2D eigenvalue weighted by molar-refractivity contribution is 6.34. The molecule has 1 aromatic rings. The summed E-state index contributed by atoms with van der Waals surface area (Å²) in [5.74, 6) is -0.384. The van der Waals surface area contributed by atoms with E-state index in [0.29, 0.717) is 24.5 Å². The molecule has 0 unspecified atom stereocenters. The normalized spacial score (nSPS) is 10.2. The van der Waals surface area contributed by atoms with Crippen molar-refractivity contribution in [3.8, 4) is 0 Å². The third-order valence-electron chi connectivity index (χ3n) is 2.53. The molecule has 1 rings (SSSR count). The summed E-state index contributed by atoms with van der Waals surface area (Å²) in [5, 5.41) is 9.68. The van der Waals surface area contributed by atoms with Crippen molar-refractivity contribution in [2.24, 2.45) is 7.05 Å². The van der Waals surface area contributed by atoms with Gasteiger partial charge in [-0.3, -0.25) is 14.3 Å². The minimum Gasteiger partial charge on any atom is -0.354 e. The largest absolute Gasteiger partial charge is 0.354 e. The Morgan fingerprint density at radius 2 is 1.94 bits per heavy atom. The summed E-state index contributed by atoms with van der Waals surface area (Å²) in [6, 6.07) is 0. The molecule has 100 valence electrons. The summed E-state index contributed by atoms with van der Waals surface area (Å²) in [7, 11) is 1.72. The van der Waals surface area contributed by atoms with Gasteiger partial charge in [0, 0.05) is 26.6 Å². The van der Waals surface area contributed by atoms with Crippen LogP contribution < -0.4 is 10.6 Å². The average molecular weight is 273 g/mol. The summed E-state index contributed by atoms with van der Waals surface area (Å²) in [6.07, 6.45) is 0.430. The SMILES string of the molecule is CCC(=O)NCCNC(=O)c1nn(C)c(C)c1Cl. The Morgan fingerprint density at radius 1 is 1.33 bits per heavy atom. The van der Waals surface area contributed by atoms with Crippen LogP contribution in [0.1, 0.15) is 29.5 Å². The minimum atomic E-state index is -0.338. The number of rotatable bonds is 5. The number of amides is 2. The number of halogens is 1. The van der Waals surface area contributed by atoms with Crippen molar-refractivity contribution < 1.29 is 9.59 Å². The molecule has 1 aromatic heterocycles. The van der Waals surface area contributed by atoms with Gasteiger partial charge in [-0.1, -0.05) is 18.5 Å². The smallest absolute Gasteiger partial charge is 0.273 e. The van der Waals surface area contributed by atoms with Crippen molar-refractivity contribution in [1.82, 2.24) is 20.4 Å². The fourth-order valence-corrected chi connectivity index (χ4v) is 1.56. The lowest BCUT2D eigenvalue weighted by Gasteiger charge is -2.04. The lowest BCUT2D eigenvalue weighted by atomic mass is 10.3. The summed E-state index contributed by atoms with van der Waals surface area (Å²) in [4.78, 5) is 22.7. The van der Waals surface area contributed by atoms with E-state index in [4.69, 9.17) is 11.6 Å². The van der Waals surface area contributed by atoms with Gasteiger partial charge in [0.15, 0.2) is 5.69 Å². The summed E-state index contributed by atoms with van der Waals surface area (Å²) in [5.41, 5.74) is 0.944. The van der Waals surface area contributed by atoms with Crippen LogP contribution in [0.4, 0.5) is 0 Å². The second-order valence-electron chi connectivity index (χ2n) is 3.83. The van der Waals surface area contributed by atoms with Crippen molar-refractivity contribution in [2.45, 2.75) is 20.3 Å². The van der Waals surface area contributed by atoms with Gasteiger partial charge in [0.25, 0.3) is 5.91 Å². The summed E-state index contributed by atoms with van der Waals surface area (Å²) in [6.45, 7) is 4.29. The van der Waals surface area contributed by atoms with E-state index in [1.807, 2.05) is 0 Å². The lowest BCUT2D eigenvalue weighted by Crippen LogP contribution is -2.34. The van der Waals surface area contributed by atoms with Crippen molar-refractivity contribution in [3.05, 3.63) is 16.4 Å². The first-order valence-electron chi connectivity index (χ1n) is 5.71. The van der Waals surface area contributed by atoms with E-state index in [0.717, 1.165) is 5.69 Å². The lowest BCUT2D eigenvalue weighted by molar-refractivity contribution is -0.120. The quantitative estimate of drug-likeness (QED) is 0.773. The van der Waals surface area contributed by atoms with Gasteiger partial charge >= 0.3 is 0 Å². The standard InChI is InChI=1S/C11H17ClN4O2/c1-4-8(17)13-5-6-14-11(18)10-9(12)7(2)16(3)15-10/h4-6H2,1-3H3,(H,13,17)(H,14,18). The third kappa shape index (κ3) is 3.46. The van der Waals surface area contributed by atoms with E-state index in [9.17, 15) is 9.59 Å². The number of hydrogen-bond donors (Lipinski definition) is 2. The molecule has 1 heterocycles. The van der Waals surface area contributed by atoms with Gasteiger partial charge in [-0.2, -0.15) is 5.10 Å². The monoisotopic (exact) mass is 272 g/mol. The predicted octanol–water partition coefficient (Wildman–Crippen LogP) is 0.638. The summed E-state index contributed by atoms with van der Waals surface area (Å²) < 4.78 is 1.55. The Kier molecular flexibility index (Phi) is 5.15. The first kappa shape index (κ1) is 14.5. The highest BCUT2D eigenvalue weighted by Crippen LogP contribution is 2.18. The van der Waals surface area contributed by atoms with Gasteiger partial charge in [-0.05, 0) is 6.92 Å². The molecule has 0 spiro atoms. The topological polar surface area (TPSA) is 76.0 Å². The second-order valence-corrected chi connectivity index (χ2v) is 4.21. The number of aromatic nitrogens is 2. The van der Waals surface area contributed by atoms with Gasteiger partial charge in [0.05, 0.1) is 10.7 Å². The number of nitrogens with zero attached hydrogens (tertiary/aromatic N) is 2. The molecule has 2 N–H and O–H groups in total. The highest BCUT2D eigenvalue weighted by Gasteiger charge is 2.17. The predicted molar refractivity (Wildman–Crippen MR) is 68.6 cm³/mol. The molecule has 0 aromatic carbocycles. The van der Waals surface area contributed by atoms with Crippen LogP contribution in [0, 0.1) is 6.92 Å².